The molecule has 0 aliphatic carbocycles. The van der Waals surface area contributed by atoms with E-state index >= 15 is 0 Å². The summed E-state index contributed by atoms with van der Waals surface area (Å²) < 4.78 is 5.65. The lowest BCUT2D eigenvalue weighted by atomic mass is 10.3. The van der Waals surface area contributed by atoms with E-state index in [1.54, 1.807) is 23.1 Å². The Bertz CT molecular complexity index is 579. The first-order valence-corrected chi connectivity index (χ1v) is 8.37. The van der Waals surface area contributed by atoms with Crippen LogP contribution in [-0.4, -0.2) is 28.4 Å². The van der Waals surface area contributed by atoms with E-state index in [1.807, 2.05) is 0 Å². The summed E-state index contributed by atoms with van der Waals surface area (Å²) in [6.45, 7) is 3.05. The summed E-state index contributed by atoms with van der Waals surface area (Å²) in [6, 6.07) is 2.19. The number of aryl methyl sites for hydroxylation is 1. The third-order valence-electron chi connectivity index (χ3n) is 3.20. The van der Waals surface area contributed by atoms with E-state index in [2.05, 4.69) is 23.0 Å². The highest BCUT2D eigenvalue weighted by molar-refractivity contribution is 7.99. The van der Waals surface area contributed by atoms with Crippen LogP contribution in [0.3, 0.4) is 0 Å². The molecule has 0 spiro atoms. The van der Waals surface area contributed by atoms with Gasteiger partial charge >= 0.3 is 0 Å². The van der Waals surface area contributed by atoms with E-state index in [0.717, 1.165) is 40.4 Å². The summed E-state index contributed by atoms with van der Waals surface area (Å²) in [5, 5.41) is 2.13. The number of thiophene rings is 1. The largest absolute Gasteiger partial charge is 0.377 e. The molecule has 0 radical (unpaired) electrons. The van der Waals surface area contributed by atoms with Crippen LogP contribution in [-0.2, 0) is 11.2 Å². The molecule has 3 heterocycles. The molecule has 1 unspecified atom stereocenters. The molecule has 1 saturated heterocycles. The molecule has 0 aromatic carbocycles. The Balaban J connectivity index is 1.85. The minimum atomic E-state index is 0.362. The fraction of sp³-hybridized carbons (Fsp3) is 0.538. The number of hydrogen-bond acceptors (Lipinski definition) is 6. The molecule has 3 rings (SSSR count). The molecule has 19 heavy (non-hydrogen) atoms. The quantitative estimate of drug-likeness (QED) is 0.693. The molecule has 0 bridgehead atoms. The van der Waals surface area contributed by atoms with E-state index in [0.29, 0.717) is 12.1 Å². The van der Waals surface area contributed by atoms with Crippen LogP contribution in [0, 0.1) is 0 Å². The minimum Gasteiger partial charge on any atom is -0.377 e. The van der Waals surface area contributed by atoms with Crippen molar-refractivity contribution >= 4 is 39.3 Å². The molecule has 1 fully saturated rings. The fourth-order valence-corrected chi connectivity index (χ4v) is 4.31. The summed E-state index contributed by atoms with van der Waals surface area (Å²) in [7, 11) is 0. The average molecular weight is 295 g/mol. The topological polar surface area (TPSA) is 61.0 Å². The SMILES string of the molecule is CCc1cc2c(SCC3CCCO3)nc(N)nc2s1. The van der Waals surface area contributed by atoms with Gasteiger partial charge in [-0.05, 0) is 25.3 Å². The molecule has 0 amide bonds. The summed E-state index contributed by atoms with van der Waals surface area (Å²) >= 11 is 3.44. The average Bonchev–Trinajstić information content (AvgIpc) is 3.04. The van der Waals surface area contributed by atoms with Gasteiger partial charge in [0.25, 0.3) is 0 Å². The maximum absolute atomic E-state index is 5.80. The highest BCUT2D eigenvalue weighted by atomic mass is 32.2. The van der Waals surface area contributed by atoms with Gasteiger partial charge in [0, 0.05) is 22.6 Å². The van der Waals surface area contributed by atoms with Gasteiger partial charge < -0.3 is 10.5 Å². The number of nitrogens with zero attached hydrogens (tertiary/aromatic N) is 2. The predicted molar refractivity (Wildman–Crippen MR) is 80.9 cm³/mol. The lowest BCUT2D eigenvalue weighted by molar-refractivity contribution is 0.129. The van der Waals surface area contributed by atoms with Crippen LogP contribution < -0.4 is 5.73 Å². The van der Waals surface area contributed by atoms with Crippen LogP contribution >= 0.6 is 23.1 Å². The van der Waals surface area contributed by atoms with E-state index < -0.39 is 0 Å². The standard InChI is InChI=1S/C13H17N3OS2/c1-2-9-6-10-11(15-13(14)16-12(10)19-9)18-7-8-4-3-5-17-8/h6,8H,2-5,7H2,1H3,(H2,14,15,16). The number of nitrogen functional groups attached to an aromatic ring is 1. The number of anilines is 1. The molecule has 2 aromatic heterocycles. The first-order valence-electron chi connectivity index (χ1n) is 6.56. The van der Waals surface area contributed by atoms with Crippen molar-refractivity contribution in [3.63, 3.8) is 0 Å². The molecule has 2 aromatic rings. The predicted octanol–water partition coefficient (Wildman–Crippen LogP) is 3.11. The Kier molecular flexibility index (Phi) is 3.91. The second-order valence-corrected chi connectivity index (χ2v) is 6.74. The number of rotatable bonds is 4. The van der Waals surface area contributed by atoms with Crippen molar-refractivity contribution in [1.29, 1.82) is 0 Å². The van der Waals surface area contributed by atoms with Crippen molar-refractivity contribution in [2.45, 2.75) is 37.3 Å². The lowest BCUT2D eigenvalue weighted by Crippen LogP contribution is -2.08. The molecule has 1 atom stereocenters. The molecule has 1 aliphatic heterocycles. The van der Waals surface area contributed by atoms with Crippen LogP contribution in [0.2, 0.25) is 0 Å². The molecular formula is C13H17N3OS2. The van der Waals surface area contributed by atoms with Gasteiger partial charge in [0.15, 0.2) is 0 Å². The number of aromatic nitrogens is 2. The number of thioether (sulfide) groups is 1. The van der Waals surface area contributed by atoms with Gasteiger partial charge in [-0.3, -0.25) is 0 Å². The van der Waals surface area contributed by atoms with Crippen LogP contribution in [0.1, 0.15) is 24.6 Å². The third-order valence-corrected chi connectivity index (χ3v) is 5.50. The van der Waals surface area contributed by atoms with Crippen LogP contribution in [0.5, 0.6) is 0 Å². The maximum Gasteiger partial charge on any atom is 0.222 e. The van der Waals surface area contributed by atoms with Gasteiger partial charge in [-0.15, -0.1) is 23.1 Å². The van der Waals surface area contributed by atoms with Crippen molar-refractivity contribution in [2.24, 2.45) is 0 Å². The highest BCUT2D eigenvalue weighted by Crippen LogP contribution is 2.33. The monoisotopic (exact) mass is 295 g/mol. The number of fused-ring (bicyclic) bond motifs is 1. The van der Waals surface area contributed by atoms with Gasteiger partial charge in [0.1, 0.15) is 9.86 Å². The summed E-state index contributed by atoms with van der Waals surface area (Å²) in [4.78, 5) is 11.0. The first kappa shape index (κ1) is 13.1. The Morgan fingerprint density at radius 3 is 3.16 bits per heavy atom. The van der Waals surface area contributed by atoms with Gasteiger partial charge in [0.05, 0.1) is 6.10 Å². The van der Waals surface area contributed by atoms with Crippen molar-refractivity contribution in [3.8, 4) is 0 Å². The molecule has 4 nitrogen and oxygen atoms in total. The van der Waals surface area contributed by atoms with Gasteiger partial charge in [-0.25, -0.2) is 9.97 Å². The number of nitrogens with two attached hydrogens (primary N) is 1. The van der Waals surface area contributed by atoms with Gasteiger partial charge in [-0.2, -0.15) is 0 Å². The van der Waals surface area contributed by atoms with E-state index in [-0.39, 0.29) is 0 Å². The van der Waals surface area contributed by atoms with Gasteiger partial charge in [0.2, 0.25) is 5.95 Å². The third kappa shape index (κ3) is 2.85. The molecule has 0 saturated carbocycles. The minimum absolute atomic E-state index is 0.362. The number of ether oxygens (including phenoxy) is 1. The lowest BCUT2D eigenvalue weighted by Gasteiger charge is -2.08. The van der Waals surface area contributed by atoms with Crippen LogP contribution in [0.15, 0.2) is 11.1 Å². The molecular weight excluding hydrogens is 278 g/mol. The van der Waals surface area contributed by atoms with Crippen molar-refractivity contribution in [1.82, 2.24) is 9.97 Å². The molecule has 1 aliphatic rings. The van der Waals surface area contributed by atoms with Crippen LogP contribution in [0.25, 0.3) is 10.2 Å². The van der Waals surface area contributed by atoms with Crippen molar-refractivity contribution in [3.05, 3.63) is 10.9 Å². The molecule has 2 N–H and O–H groups in total. The van der Waals surface area contributed by atoms with E-state index in [9.17, 15) is 0 Å². The maximum atomic E-state index is 5.80. The van der Waals surface area contributed by atoms with Crippen molar-refractivity contribution < 1.29 is 4.74 Å². The molecule has 6 heteroatoms. The Hall–Kier alpha value is -0.850. The highest BCUT2D eigenvalue weighted by Gasteiger charge is 2.17. The summed E-state index contributed by atoms with van der Waals surface area (Å²) in [5.41, 5.74) is 5.80. The van der Waals surface area contributed by atoms with Gasteiger partial charge in [-0.1, -0.05) is 6.92 Å². The zero-order valence-corrected chi connectivity index (χ0v) is 12.5. The summed E-state index contributed by atoms with van der Waals surface area (Å²) in [6.07, 6.45) is 3.71. The second-order valence-electron chi connectivity index (χ2n) is 4.62. The zero-order chi connectivity index (χ0) is 13.2. The van der Waals surface area contributed by atoms with E-state index in [4.69, 9.17) is 10.5 Å². The summed E-state index contributed by atoms with van der Waals surface area (Å²) in [5.74, 6) is 1.31. The number of hydrogen-bond donors (Lipinski definition) is 1. The van der Waals surface area contributed by atoms with E-state index in [1.165, 1.54) is 11.3 Å². The van der Waals surface area contributed by atoms with Crippen molar-refractivity contribution in [2.75, 3.05) is 18.1 Å². The molecule has 102 valence electrons. The normalized spacial score (nSPS) is 19.3. The Morgan fingerprint density at radius 1 is 1.53 bits per heavy atom. The smallest absolute Gasteiger partial charge is 0.222 e. The Labute approximate surface area is 120 Å². The first-order chi connectivity index (χ1) is 9.26. The zero-order valence-electron chi connectivity index (χ0n) is 10.9. The second kappa shape index (κ2) is 5.64. The fourth-order valence-electron chi connectivity index (χ4n) is 2.19. The Morgan fingerprint density at radius 2 is 2.42 bits per heavy atom. The van der Waals surface area contributed by atoms with Crippen LogP contribution in [0.4, 0.5) is 5.95 Å².